The van der Waals surface area contributed by atoms with Crippen LogP contribution in [0.5, 0.6) is 0 Å². The number of nitrogens with zero attached hydrogens (tertiary/aromatic N) is 2. The monoisotopic (exact) mass is 323 g/mol. The van der Waals surface area contributed by atoms with E-state index in [1.807, 2.05) is 0 Å². The summed E-state index contributed by atoms with van der Waals surface area (Å²) in [5.41, 5.74) is 0.952. The molecular weight excluding hydrogens is 313 g/mol. The Hall–Kier alpha value is -1.66. The average Bonchev–Trinajstić information content (AvgIpc) is 2.48. The quantitative estimate of drug-likeness (QED) is 0.922. The summed E-state index contributed by atoms with van der Waals surface area (Å²) in [6.45, 7) is 0. The van der Waals surface area contributed by atoms with Gasteiger partial charge in [-0.05, 0) is 30.2 Å². The van der Waals surface area contributed by atoms with Crippen LogP contribution < -0.4 is 5.32 Å². The van der Waals surface area contributed by atoms with Crippen molar-refractivity contribution in [2.75, 3.05) is 5.75 Å². The minimum atomic E-state index is -0.364. The molecule has 1 aromatic carbocycles. The fraction of sp³-hybridized carbons (Fsp3) is 0.214. The van der Waals surface area contributed by atoms with E-state index in [1.54, 1.807) is 17.8 Å². The lowest BCUT2D eigenvalue weighted by Crippen LogP contribution is -2.31. The standard InChI is InChI=1S/C14H11ClFN3OS/c15-13-7-17-6-11(18-13)14(20)19-10-3-4-21-12-2-1-8(16)5-9(10)12/h1-2,5-7,10H,3-4H2,(H,19,20). The van der Waals surface area contributed by atoms with Crippen molar-refractivity contribution in [1.82, 2.24) is 15.3 Å². The van der Waals surface area contributed by atoms with E-state index in [9.17, 15) is 9.18 Å². The number of nitrogens with one attached hydrogen (secondary N) is 1. The van der Waals surface area contributed by atoms with E-state index in [0.29, 0.717) is 0 Å². The summed E-state index contributed by atoms with van der Waals surface area (Å²) in [6, 6.07) is 4.41. The summed E-state index contributed by atoms with van der Waals surface area (Å²) in [7, 11) is 0. The first-order valence-corrected chi connectivity index (χ1v) is 7.70. The third-order valence-electron chi connectivity index (χ3n) is 3.15. The fourth-order valence-electron chi connectivity index (χ4n) is 2.20. The summed E-state index contributed by atoms with van der Waals surface area (Å²) in [6.07, 6.45) is 3.45. The molecular formula is C14H11ClFN3OS. The van der Waals surface area contributed by atoms with E-state index in [0.717, 1.165) is 22.6 Å². The molecule has 1 aromatic heterocycles. The van der Waals surface area contributed by atoms with Crippen LogP contribution in [0.2, 0.25) is 5.15 Å². The highest BCUT2D eigenvalue weighted by atomic mass is 35.5. The molecule has 1 atom stereocenters. The van der Waals surface area contributed by atoms with Crippen LogP contribution >= 0.6 is 23.4 Å². The Bertz CT molecular complexity index is 698. The molecule has 0 aliphatic carbocycles. The second-order valence-electron chi connectivity index (χ2n) is 4.57. The van der Waals surface area contributed by atoms with Gasteiger partial charge in [0.25, 0.3) is 5.91 Å². The minimum Gasteiger partial charge on any atom is -0.344 e. The maximum Gasteiger partial charge on any atom is 0.272 e. The molecule has 0 spiro atoms. The van der Waals surface area contributed by atoms with Gasteiger partial charge >= 0.3 is 0 Å². The van der Waals surface area contributed by atoms with Crippen LogP contribution in [-0.4, -0.2) is 21.6 Å². The van der Waals surface area contributed by atoms with Gasteiger partial charge in [-0.1, -0.05) is 11.6 Å². The lowest BCUT2D eigenvalue weighted by atomic mass is 10.0. The van der Waals surface area contributed by atoms with Crippen molar-refractivity contribution in [3.05, 3.63) is 52.8 Å². The SMILES string of the molecule is O=C(NC1CCSc2ccc(F)cc21)c1cncc(Cl)n1. The molecule has 2 heterocycles. The highest BCUT2D eigenvalue weighted by molar-refractivity contribution is 7.99. The zero-order valence-electron chi connectivity index (χ0n) is 10.8. The number of aromatic nitrogens is 2. The van der Waals surface area contributed by atoms with Crippen LogP contribution in [0, 0.1) is 5.82 Å². The van der Waals surface area contributed by atoms with Crippen LogP contribution in [-0.2, 0) is 0 Å². The molecule has 0 saturated heterocycles. The number of carbonyl (C=O) groups is 1. The Morgan fingerprint density at radius 3 is 3.10 bits per heavy atom. The molecule has 2 aromatic rings. The van der Waals surface area contributed by atoms with Gasteiger partial charge in [-0.15, -0.1) is 11.8 Å². The predicted molar refractivity (Wildman–Crippen MR) is 79.0 cm³/mol. The van der Waals surface area contributed by atoms with E-state index >= 15 is 0 Å². The third-order valence-corrected chi connectivity index (χ3v) is 4.46. The second kappa shape index (κ2) is 5.99. The fourth-order valence-corrected chi connectivity index (χ4v) is 3.45. The Morgan fingerprint density at radius 1 is 1.43 bits per heavy atom. The first-order valence-electron chi connectivity index (χ1n) is 6.34. The molecule has 1 amide bonds. The number of carbonyl (C=O) groups excluding carboxylic acids is 1. The van der Waals surface area contributed by atoms with Gasteiger partial charge in [-0.25, -0.2) is 9.37 Å². The van der Waals surface area contributed by atoms with Crippen molar-refractivity contribution >= 4 is 29.3 Å². The number of amides is 1. The Morgan fingerprint density at radius 2 is 2.29 bits per heavy atom. The third kappa shape index (κ3) is 3.16. The maximum absolute atomic E-state index is 13.4. The van der Waals surface area contributed by atoms with E-state index in [-0.39, 0.29) is 28.6 Å². The highest BCUT2D eigenvalue weighted by Gasteiger charge is 2.23. The van der Waals surface area contributed by atoms with Crippen LogP contribution in [0.25, 0.3) is 0 Å². The Kier molecular flexibility index (Phi) is 4.07. The van der Waals surface area contributed by atoms with Gasteiger partial charge in [0.2, 0.25) is 0 Å². The van der Waals surface area contributed by atoms with Crippen molar-refractivity contribution in [1.29, 1.82) is 0 Å². The van der Waals surface area contributed by atoms with Crippen LogP contribution in [0.1, 0.15) is 28.5 Å². The van der Waals surface area contributed by atoms with E-state index in [4.69, 9.17) is 11.6 Å². The normalized spacial score (nSPS) is 17.1. The molecule has 3 rings (SSSR count). The van der Waals surface area contributed by atoms with Crippen molar-refractivity contribution in [2.45, 2.75) is 17.4 Å². The second-order valence-corrected chi connectivity index (χ2v) is 6.10. The number of benzene rings is 1. The van der Waals surface area contributed by atoms with Crippen molar-refractivity contribution in [2.24, 2.45) is 0 Å². The van der Waals surface area contributed by atoms with E-state index in [2.05, 4.69) is 15.3 Å². The first kappa shape index (κ1) is 14.3. The van der Waals surface area contributed by atoms with Crippen molar-refractivity contribution in [3.8, 4) is 0 Å². The number of hydrogen-bond donors (Lipinski definition) is 1. The lowest BCUT2D eigenvalue weighted by molar-refractivity contribution is 0.0929. The highest BCUT2D eigenvalue weighted by Crippen LogP contribution is 2.36. The van der Waals surface area contributed by atoms with Crippen molar-refractivity contribution in [3.63, 3.8) is 0 Å². The smallest absolute Gasteiger partial charge is 0.272 e. The molecule has 1 N–H and O–H groups in total. The molecule has 7 heteroatoms. The molecule has 0 radical (unpaired) electrons. The summed E-state index contributed by atoms with van der Waals surface area (Å²) in [5, 5.41) is 3.03. The van der Waals surface area contributed by atoms with Gasteiger partial charge in [0.1, 0.15) is 16.7 Å². The van der Waals surface area contributed by atoms with Gasteiger partial charge in [-0.2, -0.15) is 0 Å². The minimum absolute atomic E-state index is 0.152. The molecule has 108 valence electrons. The zero-order chi connectivity index (χ0) is 14.8. The number of halogens is 2. The molecule has 4 nitrogen and oxygen atoms in total. The van der Waals surface area contributed by atoms with Crippen LogP contribution in [0.3, 0.4) is 0 Å². The molecule has 21 heavy (non-hydrogen) atoms. The molecule has 0 fully saturated rings. The van der Waals surface area contributed by atoms with Gasteiger partial charge in [0, 0.05) is 10.6 Å². The molecule has 1 aliphatic heterocycles. The summed E-state index contributed by atoms with van der Waals surface area (Å²) >= 11 is 7.39. The van der Waals surface area contributed by atoms with Gasteiger partial charge in [-0.3, -0.25) is 9.78 Å². The zero-order valence-corrected chi connectivity index (χ0v) is 12.4. The van der Waals surface area contributed by atoms with Gasteiger partial charge < -0.3 is 5.32 Å². The average molecular weight is 324 g/mol. The Balaban J connectivity index is 1.83. The molecule has 1 unspecified atom stereocenters. The number of fused-ring (bicyclic) bond motifs is 1. The number of hydrogen-bond acceptors (Lipinski definition) is 4. The number of thioether (sulfide) groups is 1. The first-order chi connectivity index (χ1) is 10.1. The predicted octanol–water partition coefficient (Wildman–Crippen LogP) is 3.24. The molecule has 0 bridgehead atoms. The van der Waals surface area contributed by atoms with E-state index in [1.165, 1.54) is 24.5 Å². The van der Waals surface area contributed by atoms with Crippen LogP contribution in [0.4, 0.5) is 4.39 Å². The summed E-state index contributed by atoms with van der Waals surface area (Å²) in [4.78, 5) is 20.9. The van der Waals surface area contributed by atoms with Crippen molar-refractivity contribution < 1.29 is 9.18 Å². The molecule has 1 aliphatic rings. The summed E-state index contributed by atoms with van der Waals surface area (Å²) in [5.74, 6) is 0.195. The number of rotatable bonds is 2. The van der Waals surface area contributed by atoms with Gasteiger partial charge in [0.05, 0.1) is 18.4 Å². The van der Waals surface area contributed by atoms with Crippen LogP contribution in [0.15, 0.2) is 35.5 Å². The topological polar surface area (TPSA) is 54.9 Å². The van der Waals surface area contributed by atoms with Gasteiger partial charge in [0.15, 0.2) is 0 Å². The Labute approximate surface area is 130 Å². The summed E-state index contributed by atoms with van der Waals surface area (Å²) < 4.78 is 13.4. The largest absolute Gasteiger partial charge is 0.344 e. The molecule has 0 saturated carbocycles. The van der Waals surface area contributed by atoms with E-state index < -0.39 is 0 Å². The maximum atomic E-state index is 13.4. The lowest BCUT2D eigenvalue weighted by Gasteiger charge is -2.25.